The Morgan fingerprint density at radius 1 is 1.27 bits per heavy atom. The van der Waals surface area contributed by atoms with E-state index in [9.17, 15) is 18.0 Å². The third kappa shape index (κ3) is 4.12. The number of urea groups is 1. The van der Waals surface area contributed by atoms with Gasteiger partial charge in [0.05, 0.1) is 16.9 Å². The molecule has 2 fully saturated rings. The van der Waals surface area contributed by atoms with Gasteiger partial charge in [0.15, 0.2) is 9.84 Å². The number of hydrogen-bond acceptors (Lipinski definition) is 4. The molecule has 2 aliphatic rings. The first-order chi connectivity index (χ1) is 10.3. The third-order valence-electron chi connectivity index (χ3n) is 4.49. The summed E-state index contributed by atoms with van der Waals surface area (Å²) < 4.78 is 23.8. The van der Waals surface area contributed by atoms with E-state index in [0.717, 1.165) is 6.42 Å². The molecule has 3 atom stereocenters. The average molecular weight is 332 g/mol. The molecule has 0 aliphatic carbocycles. The monoisotopic (exact) mass is 332 g/mol. The highest BCUT2D eigenvalue weighted by atomic mass is 32.2. The Balaban J connectivity index is 1.90. The lowest BCUT2D eigenvalue weighted by molar-refractivity contribution is -0.143. The molecule has 8 heteroatoms. The molecule has 2 N–H and O–H groups in total. The largest absolute Gasteiger partial charge is 0.481 e. The third-order valence-corrected chi connectivity index (χ3v) is 6.77. The quantitative estimate of drug-likeness (QED) is 0.792. The zero-order valence-corrected chi connectivity index (χ0v) is 13.6. The second kappa shape index (κ2) is 6.85. The zero-order chi connectivity index (χ0) is 16.3. The van der Waals surface area contributed by atoms with Gasteiger partial charge in [0.1, 0.15) is 0 Å². The number of amides is 2. The van der Waals surface area contributed by atoms with Crippen molar-refractivity contribution in [3.8, 4) is 0 Å². The van der Waals surface area contributed by atoms with Crippen LogP contribution in [-0.2, 0) is 14.6 Å². The molecule has 3 unspecified atom stereocenters. The molecule has 126 valence electrons. The minimum absolute atomic E-state index is 0.115. The minimum atomic E-state index is -3.11. The van der Waals surface area contributed by atoms with Gasteiger partial charge in [0, 0.05) is 19.6 Å². The van der Waals surface area contributed by atoms with Gasteiger partial charge in [-0.3, -0.25) is 4.79 Å². The van der Waals surface area contributed by atoms with E-state index in [0.29, 0.717) is 25.8 Å². The van der Waals surface area contributed by atoms with Crippen LogP contribution in [0.1, 0.15) is 32.6 Å². The molecule has 0 bridgehead atoms. The average Bonchev–Trinajstić information content (AvgIpc) is 2.44. The summed E-state index contributed by atoms with van der Waals surface area (Å²) in [7, 11) is -3.11. The number of piperidine rings is 1. The first-order valence-corrected chi connectivity index (χ1v) is 9.48. The van der Waals surface area contributed by atoms with Crippen LogP contribution in [0, 0.1) is 11.8 Å². The van der Waals surface area contributed by atoms with Crippen molar-refractivity contribution < 1.29 is 23.1 Å². The van der Waals surface area contributed by atoms with Gasteiger partial charge in [-0.1, -0.05) is 13.3 Å². The molecule has 22 heavy (non-hydrogen) atoms. The molecule has 2 aliphatic heterocycles. The summed E-state index contributed by atoms with van der Waals surface area (Å²) in [6.45, 7) is 2.72. The fraction of sp³-hybridized carbons (Fsp3) is 0.857. The summed E-state index contributed by atoms with van der Waals surface area (Å²) in [4.78, 5) is 24.8. The number of carbonyl (C=O) groups excluding carboxylic acids is 1. The molecule has 0 spiro atoms. The number of nitrogens with zero attached hydrogens (tertiary/aromatic N) is 1. The molecule has 2 saturated heterocycles. The van der Waals surface area contributed by atoms with Crippen LogP contribution < -0.4 is 5.32 Å². The van der Waals surface area contributed by atoms with Crippen LogP contribution in [0.25, 0.3) is 0 Å². The van der Waals surface area contributed by atoms with E-state index in [1.54, 1.807) is 0 Å². The van der Waals surface area contributed by atoms with Crippen molar-refractivity contribution in [1.82, 2.24) is 10.2 Å². The second-order valence-electron chi connectivity index (χ2n) is 6.45. The van der Waals surface area contributed by atoms with Crippen LogP contribution in [0.15, 0.2) is 0 Å². The van der Waals surface area contributed by atoms with Gasteiger partial charge in [-0.2, -0.15) is 0 Å². The number of hydrogen-bond donors (Lipinski definition) is 2. The summed E-state index contributed by atoms with van der Waals surface area (Å²) in [6, 6.07) is -0.362. The van der Waals surface area contributed by atoms with Crippen molar-refractivity contribution in [3.63, 3.8) is 0 Å². The highest BCUT2D eigenvalue weighted by Crippen LogP contribution is 2.22. The van der Waals surface area contributed by atoms with Crippen molar-refractivity contribution in [2.24, 2.45) is 11.8 Å². The Morgan fingerprint density at radius 2 is 2.00 bits per heavy atom. The molecule has 0 radical (unpaired) electrons. The van der Waals surface area contributed by atoms with Gasteiger partial charge >= 0.3 is 12.0 Å². The van der Waals surface area contributed by atoms with Crippen LogP contribution in [0.5, 0.6) is 0 Å². The number of rotatable bonds is 3. The number of likely N-dealkylation sites (tertiary alicyclic amines) is 1. The van der Waals surface area contributed by atoms with Gasteiger partial charge in [-0.05, 0) is 25.2 Å². The molecule has 0 saturated carbocycles. The van der Waals surface area contributed by atoms with Gasteiger partial charge in [-0.15, -0.1) is 0 Å². The highest BCUT2D eigenvalue weighted by molar-refractivity contribution is 7.92. The minimum Gasteiger partial charge on any atom is -0.481 e. The van der Waals surface area contributed by atoms with Crippen LogP contribution in [-0.4, -0.2) is 61.1 Å². The maximum atomic E-state index is 12.2. The lowest BCUT2D eigenvalue weighted by Crippen LogP contribution is -2.51. The van der Waals surface area contributed by atoms with E-state index in [1.807, 2.05) is 6.92 Å². The Labute approximate surface area is 131 Å². The van der Waals surface area contributed by atoms with E-state index >= 15 is 0 Å². The molecule has 2 rings (SSSR count). The second-order valence-corrected chi connectivity index (χ2v) is 8.85. The highest BCUT2D eigenvalue weighted by Gasteiger charge is 2.33. The Hall–Kier alpha value is -1.31. The standard InChI is InChI=1S/C14H24N2O5S/c1-10-6-11(13(17)18)9-16(8-10)14(19)15-7-12-4-2-3-5-22(12,20)21/h10-12H,2-9H2,1H3,(H,15,19)(H,17,18). The normalized spacial score (nSPS) is 31.5. The number of aliphatic carboxylic acids is 1. The molecule has 2 amide bonds. The van der Waals surface area contributed by atoms with Crippen LogP contribution >= 0.6 is 0 Å². The molecular weight excluding hydrogens is 308 g/mol. The maximum Gasteiger partial charge on any atom is 0.317 e. The van der Waals surface area contributed by atoms with E-state index in [-0.39, 0.29) is 30.8 Å². The molecular formula is C14H24N2O5S. The molecule has 0 aromatic carbocycles. The van der Waals surface area contributed by atoms with Gasteiger partial charge in [0.2, 0.25) is 0 Å². The molecule has 7 nitrogen and oxygen atoms in total. The Morgan fingerprint density at radius 3 is 2.64 bits per heavy atom. The van der Waals surface area contributed by atoms with E-state index in [4.69, 9.17) is 5.11 Å². The Bertz CT molecular complexity index is 533. The SMILES string of the molecule is CC1CC(C(=O)O)CN(C(=O)NCC2CCCCS2(=O)=O)C1. The predicted octanol–water partition coefficient (Wildman–Crippen LogP) is 0.706. The molecule has 2 heterocycles. The van der Waals surface area contributed by atoms with E-state index in [1.165, 1.54) is 4.90 Å². The smallest absolute Gasteiger partial charge is 0.317 e. The van der Waals surface area contributed by atoms with Gasteiger partial charge in [-0.25, -0.2) is 13.2 Å². The first-order valence-electron chi connectivity index (χ1n) is 7.76. The number of nitrogens with one attached hydrogen (secondary N) is 1. The fourth-order valence-electron chi connectivity index (χ4n) is 3.26. The van der Waals surface area contributed by atoms with Crippen LogP contribution in [0.3, 0.4) is 0 Å². The summed E-state index contributed by atoms with van der Waals surface area (Å²) in [5.74, 6) is -1.12. The molecule has 0 aromatic rings. The molecule has 0 aromatic heterocycles. The van der Waals surface area contributed by atoms with Crippen LogP contribution in [0.4, 0.5) is 4.79 Å². The first kappa shape index (κ1) is 17.1. The summed E-state index contributed by atoms with van der Waals surface area (Å²) in [5.41, 5.74) is 0. The number of carboxylic acids is 1. The number of carbonyl (C=O) groups is 2. The lowest BCUT2D eigenvalue weighted by Gasteiger charge is -2.35. The van der Waals surface area contributed by atoms with E-state index in [2.05, 4.69) is 5.32 Å². The van der Waals surface area contributed by atoms with Crippen molar-refractivity contribution in [3.05, 3.63) is 0 Å². The van der Waals surface area contributed by atoms with Crippen LogP contribution in [0.2, 0.25) is 0 Å². The Kier molecular flexibility index (Phi) is 5.31. The topological polar surface area (TPSA) is 104 Å². The van der Waals surface area contributed by atoms with Gasteiger partial charge in [0.25, 0.3) is 0 Å². The van der Waals surface area contributed by atoms with Crippen molar-refractivity contribution in [2.75, 3.05) is 25.4 Å². The lowest BCUT2D eigenvalue weighted by atomic mass is 9.91. The fourth-order valence-corrected chi connectivity index (χ4v) is 5.06. The van der Waals surface area contributed by atoms with Gasteiger partial charge < -0.3 is 15.3 Å². The maximum absolute atomic E-state index is 12.2. The van der Waals surface area contributed by atoms with Crippen molar-refractivity contribution in [1.29, 1.82) is 0 Å². The number of sulfone groups is 1. The van der Waals surface area contributed by atoms with Crippen molar-refractivity contribution in [2.45, 2.75) is 37.9 Å². The summed E-state index contributed by atoms with van der Waals surface area (Å²) in [6.07, 6.45) is 2.70. The zero-order valence-electron chi connectivity index (χ0n) is 12.8. The predicted molar refractivity (Wildman–Crippen MR) is 81.3 cm³/mol. The van der Waals surface area contributed by atoms with E-state index < -0.39 is 27.0 Å². The summed E-state index contributed by atoms with van der Waals surface area (Å²) in [5, 5.41) is 11.3. The van der Waals surface area contributed by atoms with Crippen molar-refractivity contribution >= 4 is 21.8 Å². The summed E-state index contributed by atoms with van der Waals surface area (Å²) >= 11 is 0. The number of carboxylic acid groups (broad SMARTS) is 1.